The molecular weight excluding hydrogens is 529 g/mol. The van der Waals surface area contributed by atoms with Gasteiger partial charge >= 0.3 is 0 Å². The summed E-state index contributed by atoms with van der Waals surface area (Å²) in [5, 5.41) is 5.17. The van der Waals surface area contributed by atoms with E-state index in [2.05, 4.69) is 10.5 Å². The summed E-state index contributed by atoms with van der Waals surface area (Å²) in [4.78, 5) is 17.9. The first kappa shape index (κ1) is 26.8. The summed E-state index contributed by atoms with van der Waals surface area (Å²) in [7, 11) is 0. The second kappa shape index (κ2) is 12.4. The molecule has 0 radical (unpaired) electrons. The van der Waals surface area contributed by atoms with Gasteiger partial charge in [-0.25, -0.2) is 14.8 Å². The molecule has 5 aromatic rings. The quantitative estimate of drug-likeness (QED) is 0.152. The van der Waals surface area contributed by atoms with Crippen molar-refractivity contribution in [2.75, 3.05) is 6.61 Å². The number of nitrogens with one attached hydrogen (secondary N) is 1. The number of ether oxygens (including phenoxy) is 2. The number of hydrogen-bond donors (Lipinski definition) is 1. The average molecular weight is 554 g/mol. The van der Waals surface area contributed by atoms with Gasteiger partial charge in [0.15, 0.2) is 11.5 Å². The van der Waals surface area contributed by atoms with Gasteiger partial charge in [0.05, 0.1) is 34.6 Å². The SMILES string of the molecule is CCOc1cc(/C=N/NC(=O)c2cc(-c3ccccc3)nc3ccccc23)cc(Cl)c1OCc1cccc(F)c1. The Morgan fingerprint density at radius 1 is 0.975 bits per heavy atom. The Morgan fingerprint density at radius 3 is 2.58 bits per heavy atom. The molecule has 0 saturated heterocycles. The predicted octanol–water partition coefficient (Wildman–Crippen LogP) is 7.44. The molecule has 1 amide bonds. The third kappa shape index (κ3) is 6.27. The zero-order valence-corrected chi connectivity index (χ0v) is 22.4. The molecule has 40 heavy (non-hydrogen) atoms. The van der Waals surface area contributed by atoms with Gasteiger partial charge in [0.1, 0.15) is 12.4 Å². The second-order valence-electron chi connectivity index (χ2n) is 8.82. The monoisotopic (exact) mass is 553 g/mol. The van der Waals surface area contributed by atoms with Crippen LogP contribution in [0.25, 0.3) is 22.2 Å². The zero-order chi connectivity index (χ0) is 27.9. The van der Waals surface area contributed by atoms with E-state index in [1.165, 1.54) is 18.3 Å². The minimum Gasteiger partial charge on any atom is -0.490 e. The molecule has 4 aromatic carbocycles. The molecule has 6 nitrogen and oxygen atoms in total. The van der Waals surface area contributed by atoms with Crippen LogP contribution in [0.1, 0.15) is 28.4 Å². The maximum Gasteiger partial charge on any atom is 0.272 e. The van der Waals surface area contributed by atoms with E-state index in [1.54, 1.807) is 30.3 Å². The van der Waals surface area contributed by atoms with Gasteiger partial charge in [-0.1, -0.05) is 72.3 Å². The lowest BCUT2D eigenvalue weighted by Crippen LogP contribution is -2.18. The summed E-state index contributed by atoms with van der Waals surface area (Å²) in [5.74, 6) is 0.0255. The minimum absolute atomic E-state index is 0.117. The maximum absolute atomic E-state index is 13.5. The number of rotatable bonds is 9. The van der Waals surface area contributed by atoms with Gasteiger partial charge in [-0.3, -0.25) is 4.79 Å². The molecule has 5 rings (SSSR count). The highest BCUT2D eigenvalue weighted by Gasteiger charge is 2.15. The number of carbonyl (C=O) groups is 1. The molecular formula is C32H25ClFN3O3. The number of nitrogens with zero attached hydrogens (tertiary/aromatic N) is 2. The second-order valence-corrected chi connectivity index (χ2v) is 9.23. The van der Waals surface area contributed by atoms with E-state index in [4.69, 9.17) is 26.1 Å². The minimum atomic E-state index is -0.377. The zero-order valence-electron chi connectivity index (χ0n) is 21.6. The third-order valence-corrected chi connectivity index (χ3v) is 6.29. The molecule has 200 valence electrons. The maximum atomic E-state index is 13.5. The summed E-state index contributed by atoms with van der Waals surface area (Å²) in [6.07, 6.45) is 1.48. The van der Waals surface area contributed by atoms with Gasteiger partial charge in [-0.15, -0.1) is 0 Å². The van der Waals surface area contributed by atoms with E-state index in [0.29, 0.717) is 51.0 Å². The Labute approximate surface area is 236 Å². The van der Waals surface area contributed by atoms with Gasteiger partial charge in [-0.05, 0) is 54.4 Å². The number of fused-ring (bicyclic) bond motifs is 1. The summed E-state index contributed by atoms with van der Waals surface area (Å²) >= 11 is 6.51. The van der Waals surface area contributed by atoms with Crippen LogP contribution in [0.3, 0.4) is 0 Å². The molecule has 0 unspecified atom stereocenters. The Bertz CT molecular complexity index is 1690. The number of amides is 1. The number of pyridine rings is 1. The number of carbonyl (C=O) groups excluding carboxylic acids is 1. The molecule has 0 saturated carbocycles. The molecule has 1 aromatic heterocycles. The fraction of sp³-hybridized carbons (Fsp3) is 0.0938. The molecule has 0 spiro atoms. The van der Waals surface area contributed by atoms with E-state index in [-0.39, 0.29) is 18.3 Å². The van der Waals surface area contributed by atoms with Crippen molar-refractivity contribution in [3.63, 3.8) is 0 Å². The van der Waals surface area contributed by atoms with E-state index >= 15 is 0 Å². The molecule has 0 aliphatic carbocycles. The molecule has 1 N–H and O–H groups in total. The normalized spacial score (nSPS) is 11.1. The van der Waals surface area contributed by atoms with Gasteiger partial charge < -0.3 is 9.47 Å². The summed E-state index contributed by atoms with van der Waals surface area (Å²) < 4.78 is 25.1. The van der Waals surface area contributed by atoms with E-state index in [9.17, 15) is 9.18 Å². The fourth-order valence-corrected chi connectivity index (χ4v) is 4.47. The molecule has 0 aliphatic rings. The van der Waals surface area contributed by atoms with Crippen LogP contribution in [0.2, 0.25) is 5.02 Å². The van der Waals surface area contributed by atoms with Gasteiger partial charge in [-0.2, -0.15) is 5.10 Å². The lowest BCUT2D eigenvalue weighted by molar-refractivity contribution is 0.0956. The van der Waals surface area contributed by atoms with Crippen molar-refractivity contribution in [2.24, 2.45) is 5.10 Å². The van der Waals surface area contributed by atoms with Crippen molar-refractivity contribution in [1.82, 2.24) is 10.4 Å². The number of halogens is 2. The van der Waals surface area contributed by atoms with E-state index < -0.39 is 0 Å². The topological polar surface area (TPSA) is 72.8 Å². The fourth-order valence-electron chi connectivity index (χ4n) is 4.19. The van der Waals surface area contributed by atoms with E-state index in [1.807, 2.05) is 61.5 Å². The first-order valence-corrected chi connectivity index (χ1v) is 13.0. The average Bonchev–Trinajstić information content (AvgIpc) is 2.97. The van der Waals surface area contributed by atoms with Crippen LogP contribution in [0.4, 0.5) is 4.39 Å². The van der Waals surface area contributed by atoms with Crippen LogP contribution >= 0.6 is 11.6 Å². The molecule has 0 atom stereocenters. The van der Waals surface area contributed by atoms with Gasteiger partial charge in [0, 0.05) is 10.9 Å². The smallest absolute Gasteiger partial charge is 0.272 e. The molecule has 8 heteroatoms. The van der Waals surface area contributed by atoms with Crippen LogP contribution in [0.15, 0.2) is 102 Å². The molecule has 0 bridgehead atoms. The Balaban J connectivity index is 1.36. The number of hydrogen-bond acceptors (Lipinski definition) is 5. The highest BCUT2D eigenvalue weighted by molar-refractivity contribution is 6.32. The number of aromatic nitrogens is 1. The van der Waals surface area contributed by atoms with Crippen LogP contribution in [0.5, 0.6) is 11.5 Å². The number of benzene rings is 4. The van der Waals surface area contributed by atoms with Crippen LogP contribution < -0.4 is 14.9 Å². The van der Waals surface area contributed by atoms with Crippen molar-refractivity contribution >= 4 is 34.6 Å². The van der Waals surface area contributed by atoms with Gasteiger partial charge in [0.2, 0.25) is 0 Å². The van der Waals surface area contributed by atoms with Crippen molar-refractivity contribution in [3.8, 4) is 22.8 Å². The van der Waals surface area contributed by atoms with Crippen molar-refractivity contribution in [1.29, 1.82) is 0 Å². The van der Waals surface area contributed by atoms with Crippen molar-refractivity contribution in [3.05, 3.63) is 125 Å². The van der Waals surface area contributed by atoms with Crippen LogP contribution in [-0.2, 0) is 6.61 Å². The highest BCUT2D eigenvalue weighted by Crippen LogP contribution is 2.37. The van der Waals surface area contributed by atoms with Crippen LogP contribution in [0, 0.1) is 5.82 Å². The lowest BCUT2D eigenvalue weighted by atomic mass is 10.0. The summed E-state index contributed by atoms with van der Waals surface area (Å²) in [6.45, 7) is 2.34. The summed E-state index contributed by atoms with van der Waals surface area (Å²) in [5.41, 5.74) is 6.62. The molecule has 1 heterocycles. The van der Waals surface area contributed by atoms with Crippen LogP contribution in [-0.4, -0.2) is 23.7 Å². The Hall–Kier alpha value is -4.75. The number of para-hydroxylation sites is 1. The van der Waals surface area contributed by atoms with E-state index in [0.717, 1.165) is 10.9 Å². The molecule has 0 fully saturated rings. The summed E-state index contributed by atoms with van der Waals surface area (Å²) in [6, 6.07) is 28.4. The third-order valence-electron chi connectivity index (χ3n) is 6.01. The molecule has 0 aliphatic heterocycles. The first-order valence-electron chi connectivity index (χ1n) is 12.6. The highest BCUT2D eigenvalue weighted by atomic mass is 35.5. The largest absolute Gasteiger partial charge is 0.490 e. The first-order chi connectivity index (χ1) is 19.5. The standard InChI is InChI=1S/C32H25ClFN3O3/c1-2-39-30-17-22(16-27(33)31(30)40-20-21-9-8-12-24(34)15-21)19-35-37-32(38)26-18-29(23-10-4-3-5-11-23)36-28-14-7-6-13-25(26)28/h3-19H,2,20H2,1H3,(H,37,38)/b35-19+. The van der Waals surface area contributed by atoms with Crippen molar-refractivity contribution < 1.29 is 18.7 Å². The lowest BCUT2D eigenvalue weighted by Gasteiger charge is -2.14. The van der Waals surface area contributed by atoms with Gasteiger partial charge in [0.25, 0.3) is 5.91 Å². The van der Waals surface area contributed by atoms with Crippen molar-refractivity contribution in [2.45, 2.75) is 13.5 Å². The Morgan fingerprint density at radius 2 is 1.77 bits per heavy atom. The Kier molecular flexibility index (Phi) is 8.32. The number of hydrazone groups is 1. The predicted molar refractivity (Wildman–Crippen MR) is 156 cm³/mol.